The topological polar surface area (TPSA) is 79.3 Å². The van der Waals surface area contributed by atoms with Gasteiger partial charge in [-0.3, -0.25) is 4.90 Å². The maximum absolute atomic E-state index is 11.4. The minimum absolute atomic E-state index is 0.137. The number of aliphatic carboxylic acids is 1. The van der Waals surface area contributed by atoms with Crippen molar-refractivity contribution in [1.82, 2.24) is 9.80 Å². The van der Waals surface area contributed by atoms with Gasteiger partial charge in [0.1, 0.15) is 0 Å². The van der Waals surface area contributed by atoms with Crippen LogP contribution < -0.4 is 0 Å². The Balaban J connectivity index is 1.75. The maximum atomic E-state index is 11.4. The zero-order valence-electron chi connectivity index (χ0n) is 9.50. The van der Waals surface area contributed by atoms with Crippen LogP contribution in [0.1, 0.15) is 0 Å². The molecule has 0 spiro atoms. The summed E-state index contributed by atoms with van der Waals surface area (Å²) in [6, 6.07) is 0. The Morgan fingerprint density at radius 3 is 2.65 bits per heavy atom. The molecule has 2 fully saturated rings. The fourth-order valence-electron chi connectivity index (χ4n) is 1.91. The van der Waals surface area contributed by atoms with Gasteiger partial charge in [0.25, 0.3) is 0 Å². The number of morpholine rings is 1. The van der Waals surface area contributed by atoms with Gasteiger partial charge in [-0.1, -0.05) is 0 Å². The predicted octanol–water partition coefficient (Wildman–Crippen LogP) is -0.776. The van der Waals surface area contributed by atoms with E-state index >= 15 is 0 Å². The highest BCUT2D eigenvalue weighted by Gasteiger charge is 2.35. The summed E-state index contributed by atoms with van der Waals surface area (Å²) in [4.78, 5) is 25.7. The highest BCUT2D eigenvalue weighted by Crippen LogP contribution is 2.11. The van der Waals surface area contributed by atoms with E-state index in [4.69, 9.17) is 14.6 Å². The van der Waals surface area contributed by atoms with Crippen LogP contribution in [-0.4, -0.2) is 79.0 Å². The molecule has 0 unspecified atom stereocenters. The molecule has 7 nitrogen and oxygen atoms in total. The number of cyclic esters (lactones) is 1. The van der Waals surface area contributed by atoms with E-state index in [0.29, 0.717) is 19.8 Å². The van der Waals surface area contributed by atoms with Gasteiger partial charge in [0.05, 0.1) is 19.8 Å². The average Bonchev–Trinajstić information content (AvgIpc) is 2.70. The molecule has 7 heteroatoms. The molecule has 17 heavy (non-hydrogen) atoms. The minimum Gasteiger partial charge on any atom is -0.478 e. The van der Waals surface area contributed by atoms with Gasteiger partial charge in [0.2, 0.25) is 6.10 Å². The van der Waals surface area contributed by atoms with Crippen LogP contribution >= 0.6 is 0 Å². The lowest BCUT2D eigenvalue weighted by Gasteiger charge is -2.27. The van der Waals surface area contributed by atoms with Crippen molar-refractivity contribution in [3.63, 3.8) is 0 Å². The molecule has 2 rings (SSSR count). The summed E-state index contributed by atoms with van der Waals surface area (Å²) < 4.78 is 9.94. The SMILES string of the molecule is O=C(O)[C@H]1CN(CCN2CCOCC2)C(=O)O1. The first-order valence-electron chi connectivity index (χ1n) is 5.65. The van der Waals surface area contributed by atoms with Crippen LogP contribution in [0.2, 0.25) is 0 Å². The molecule has 2 heterocycles. The van der Waals surface area contributed by atoms with Gasteiger partial charge < -0.3 is 19.5 Å². The van der Waals surface area contributed by atoms with Crippen LogP contribution in [0.15, 0.2) is 0 Å². The van der Waals surface area contributed by atoms with Crippen LogP contribution in [0, 0.1) is 0 Å². The van der Waals surface area contributed by atoms with E-state index in [2.05, 4.69) is 4.90 Å². The zero-order chi connectivity index (χ0) is 12.3. The molecular weight excluding hydrogens is 228 g/mol. The first-order valence-corrected chi connectivity index (χ1v) is 5.65. The van der Waals surface area contributed by atoms with Crippen molar-refractivity contribution in [3.05, 3.63) is 0 Å². The summed E-state index contributed by atoms with van der Waals surface area (Å²) in [6.45, 7) is 4.49. The molecule has 2 aliphatic heterocycles. The Hall–Kier alpha value is -1.34. The molecule has 1 N–H and O–H groups in total. The van der Waals surface area contributed by atoms with Crippen molar-refractivity contribution in [3.8, 4) is 0 Å². The number of carbonyl (C=O) groups is 2. The summed E-state index contributed by atoms with van der Waals surface area (Å²) in [5.41, 5.74) is 0. The third-order valence-electron chi connectivity index (χ3n) is 2.95. The molecule has 1 atom stereocenters. The van der Waals surface area contributed by atoms with Gasteiger partial charge in [0, 0.05) is 26.2 Å². The zero-order valence-corrected chi connectivity index (χ0v) is 9.50. The maximum Gasteiger partial charge on any atom is 0.410 e. The predicted molar refractivity (Wildman–Crippen MR) is 56.7 cm³/mol. The second-order valence-electron chi connectivity index (χ2n) is 4.11. The number of hydrogen-bond donors (Lipinski definition) is 1. The lowest BCUT2D eigenvalue weighted by molar-refractivity contribution is -0.144. The fourth-order valence-corrected chi connectivity index (χ4v) is 1.91. The van der Waals surface area contributed by atoms with Crippen molar-refractivity contribution in [2.24, 2.45) is 0 Å². The van der Waals surface area contributed by atoms with E-state index in [9.17, 15) is 9.59 Å². The van der Waals surface area contributed by atoms with Gasteiger partial charge >= 0.3 is 12.1 Å². The smallest absolute Gasteiger partial charge is 0.410 e. The average molecular weight is 244 g/mol. The summed E-state index contributed by atoms with van der Waals surface area (Å²) in [7, 11) is 0. The van der Waals surface area contributed by atoms with Gasteiger partial charge in [-0.05, 0) is 0 Å². The highest BCUT2D eigenvalue weighted by atomic mass is 16.6. The summed E-state index contributed by atoms with van der Waals surface area (Å²) in [6.07, 6.45) is -1.56. The Bertz CT molecular complexity index is 303. The van der Waals surface area contributed by atoms with E-state index < -0.39 is 18.2 Å². The molecule has 0 aromatic heterocycles. The minimum atomic E-state index is -1.09. The van der Waals surface area contributed by atoms with Gasteiger partial charge in [0.15, 0.2) is 0 Å². The molecule has 2 aliphatic rings. The molecule has 0 aliphatic carbocycles. The molecule has 0 saturated carbocycles. The van der Waals surface area contributed by atoms with Crippen molar-refractivity contribution in [2.45, 2.75) is 6.10 Å². The van der Waals surface area contributed by atoms with Crippen LogP contribution in [0.4, 0.5) is 4.79 Å². The van der Waals surface area contributed by atoms with Gasteiger partial charge in [-0.2, -0.15) is 0 Å². The molecule has 2 saturated heterocycles. The Labute approximate surface area is 98.9 Å². The molecule has 1 amide bonds. The normalized spacial score (nSPS) is 26.0. The molecule has 96 valence electrons. The first-order chi connectivity index (χ1) is 8.16. The Kier molecular flexibility index (Phi) is 3.80. The fraction of sp³-hybridized carbons (Fsp3) is 0.800. The van der Waals surface area contributed by atoms with Crippen LogP contribution in [-0.2, 0) is 14.3 Å². The van der Waals surface area contributed by atoms with Crippen molar-refractivity contribution >= 4 is 12.1 Å². The summed E-state index contributed by atoms with van der Waals surface area (Å²) in [5.74, 6) is -1.09. The number of ether oxygens (including phenoxy) is 2. The second kappa shape index (κ2) is 5.33. The van der Waals surface area contributed by atoms with Gasteiger partial charge in [-0.25, -0.2) is 9.59 Å². The van der Waals surface area contributed by atoms with E-state index in [1.807, 2.05) is 0 Å². The van der Waals surface area contributed by atoms with Crippen LogP contribution in [0.3, 0.4) is 0 Å². The highest BCUT2D eigenvalue weighted by molar-refractivity contribution is 5.81. The van der Waals surface area contributed by atoms with E-state index in [-0.39, 0.29) is 6.54 Å². The number of rotatable bonds is 4. The quantitative estimate of drug-likeness (QED) is 0.699. The van der Waals surface area contributed by atoms with Gasteiger partial charge in [-0.15, -0.1) is 0 Å². The third kappa shape index (κ3) is 3.07. The number of nitrogens with zero attached hydrogens (tertiary/aromatic N) is 2. The largest absolute Gasteiger partial charge is 0.478 e. The molecule has 0 aromatic rings. The number of amides is 1. The van der Waals surface area contributed by atoms with Crippen molar-refractivity contribution in [1.29, 1.82) is 0 Å². The van der Waals surface area contributed by atoms with Crippen LogP contribution in [0.25, 0.3) is 0 Å². The summed E-state index contributed by atoms with van der Waals surface area (Å²) >= 11 is 0. The second-order valence-corrected chi connectivity index (χ2v) is 4.11. The number of carboxylic acid groups (broad SMARTS) is 1. The molecule has 0 radical (unpaired) electrons. The Morgan fingerprint density at radius 1 is 1.35 bits per heavy atom. The lowest BCUT2D eigenvalue weighted by Crippen LogP contribution is -2.42. The summed E-state index contributed by atoms with van der Waals surface area (Å²) in [5, 5.41) is 8.73. The standard InChI is InChI=1S/C10H16N2O5/c13-9(14)8-7-12(10(15)17-8)2-1-11-3-5-16-6-4-11/h8H,1-7H2,(H,13,14)/t8-/m1/s1. The van der Waals surface area contributed by atoms with Crippen molar-refractivity contribution in [2.75, 3.05) is 45.9 Å². The Morgan fingerprint density at radius 2 is 2.06 bits per heavy atom. The monoisotopic (exact) mass is 244 g/mol. The van der Waals surface area contributed by atoms with E-state index in [1.54, 1.807) is 0 Å². The van der Waals surface area contributed by atoms with Crippen LogP contribution in [0.5, 0.6) is 0 Å². The first kappa shape index (κ1) is 12.1. The third-order valence-corrected chi connectivity index (χ3v) is 2.95. The number of carboxylic acids is 1. The molecule has 0 bridgehead atoms. The lowest BCUT2D eigenvalue weighted by atomic mass is 10.3. The van der Waals surface area contributed by atoms with E-state index in [1.165, 1.54) is 4.90 Å². The van der Waals surface area contributed by atoms with E-state index in [0.717, 1.165) is 19.6 Å². The number of hydrogen-bond acceptors (Lipinski definition) is 5. The molecular formula is C10H16N2O5. The number of carbonyl (C=O) groups excluding carboxylic acids is 1. The molecule has 0 aromatic carbocycles. The van der Waals surface area contributed by atoms with Crippen molar-refractivity contribution < 1.29 is 24.2 Å².